The molecule has 0 aliphatic carbocycles. The molecule has 0 bridgehead atoms. The van der Waals surface area contributed by atoms with Gasteiger partial charge in [0.2, 0.25) is 0 Å². The molecule has 0 saturated heterocycles. The minimum Gasteiger partial charge on any atom is -0.460 e. The van der Waals surface area contributed by atoms with Gasteiger partial charge >= 0.3 is 5.97 Å². The lowest BCUT2D eigenvalue weighted by Crippen LogP contribution is -2.24. The van der Waals surface area contributed by atoms with Gasteiger partial charge in [0, 0.05) is 12.0 Å². The molecule has 98 valence electrons. The zero-order valence-corrected chi connectivity index (χ0v) is 11.4. The summed E-state index contributed by atoms with van der Waals surface area (Å²) < 4.78 is 5.24. The highest BCUT2D eigenvalue weighted by Crippen LogP contribution is 2.15. The van der Waals surface area contributed by atoms with E-state index in [0.717, 1.165) is 17.4 Å². The van der Waals surface area contributed by atoms with Crippen LogP contribution in [0.3, 0.4) is 0 Å². The van der Waals surface area contributed by atoms with Crippen LogP contribution >= 0.6 is 0 Å². The number of carbonyl (C=O) groups excluding carboxylic acids is 2. The number of hydrogen-bond acceptors (Lipinski definition) is 3. The van der Waals surface area contributed by atoms with Gasteiger partial charge in [0.05, 0.1) is 0 Å². The Kier molecular flexibility index (Phi) is 4.65. The Morgan fingerprint density at radius 3 is 2.56 bits per heavy atom. The predicted octanol–water partition coefficient (Wildman–Crippen LogP) is 3.08. The van der Waals surface area contributed by atoms with Gasteiger partial charge in [-0.15, -0.1) is 0 Å². The van der Waals surface area contributed by atoms with Gasteiger partial charge in [-0.3, -0.25) is 9.59 Å². The SMILES string of the molecule is Cc1cccc(CCC(=O)OC(C)(C)C)c1C=O. The van der Waals surface area contributed by atoms with Crippen LogP contribution in [0.2, 0.25) is 0 Å². The molecule has 0 heterocycles. The lowest BCUT2D eigenvalue weighted by Gasteiger charge is -2.19. The first kappa shape index (κ1) is 14.4. The molecule has 1 rings (SSSR count). The van der Waals surface area contributed by atoms with Crippen molar-refractivity contribution in [3.05, 3.63) is 34.9 Å². The molecule has 0 spiro atoms. The van der Waals surface area contributed by atoms with Crippen molar-refractivity contribution in [1.29, 1.82) is 0 Å². The van der Waals surface area contributed by atoms with E-state index in [0.29, 0.717) is 18.4 Å². The van der Waals surface area contributed by atoms with Gasteiger partial charge in [-0.2, -0.15) is 0 Å². The largest absolute Gasteiger partial charge is 0.460 e. The maximum Gasteiger partial charge on any atom is 0.306 e. The fourth-order valence-electron chi connectivity index (χ4n) is 1.76. The maximum atomic E-state index is 11.6. The van der Waals surface area contributed by atoms with Crippen molar-refractivity contribution in [2.45, 2.75) is 46.1 Å². The molecule has 3 heteroatoms. The fourth-order valence-corrected chi connectivity index (χ4v) is 1.76. The van der Waals surface area contributed by atoms with Gasteiger partial charge < -0.3 is 4.74 Å². The highest BCUT2D eigenvalue weighted by atomic mass is 16.6. The Morgan fingerprint density at radius 1 is 1.33 bits per heavy atom. The van der Waals surface area contributed by atoms with Crippen molar-refractivity contribution in [3.63, 3.8) is 0 Å². The second kappa shape index (κ2) is 5.80. The third kappa shape index (κ3) is 4.32. The van der Waals surface area contributed by atoms with E-state index in [1.165, 1.54) is 0 Å². The van der Waals surface area contributed by atoms with Gasteiger partial charge in [0.25, 0.3) is 0 Å². The first-order valence-electron chi connectivity index (χ1n) is 6.09. The molecular formula is C15H20O3. The molecule has 0 aliphatic rings. The fraction of sp³-hybridized carbons (Fsp3) is 0.467. The Morgan fingerprint density at radius 2 is 2.00 bits per heavy atom. The Balaban J connectivity index is 2.67. The molecule has 0 fully saturated rings. The molecule has 0 unspecified atom stereocenters. The summed E-state index contributed by atoms with van der Waals surface area (Å²) in [4.78, 5) is 22.6. The third-order valence-corrected chi connectivity index (χ3v) is 2.55. The summed E-state index contributed by atoms with van der Waals surface area (Å²) in [5, 5.41) is 0. The lowest BCUT2D eigenvalue weighted by atomic mass is 9.99. The summed E-state index contributed by atoms with van der Waals surface area (Å²) in [6, 6.07) is 5.66. The van der Waals surface area contributed by atoms with Crippen LogP contribution in [-0.2, 0) is 16.0 Å². The third-order valence-electron chi connectivity index (χ3n) is 2.55. The zero-order valence-electron chi connectivity index (χ0n) is 11.4. The van der Waals surface area contributed by atoms with Gasteiger partial charge in [0.15, 0.2) is 6.29 Å². The number of ether oxygens (including phenoxy) is 1. The number of esters is 1. The standard InChI is InChI=1S/C15H20O3/c1-11-6-5-7-12(13(11)10-16)8-9-14(17)18-15(2,3)4/h5-7,10H,8-9H2,1-4H3. The summed E-state index contributed by atoms with van der Waals surface area (Å²) in [5.41, 5.74) is 2.06. The molecular weight excluding hydrogens is 228 g/mol. The van der Waals surface area contributed by atoms with Crippen LogP contribution in [0.4, 0.5) is 0 Å². The first-order valence-corrected chi connectivity index (χ1v) is 6.09. The van der Waals surface area contributed by atoms with E-state index in [-0.39, 0.29) is 5.97 Å². The van der Waals surface area contributed by atoms with Crippen molar-refractivity contribution in [2.24, 2.45) is 0 Å². The van der Waals surface area contributed by atoms with E-state index in [4.69, 9.17) is 4.74 Å². The second-order valence-electron chi connectivity index (χ2n) is 5.35. The minimum atomic E-state index is -0.461. The van der Waals surface area contributed by atoms with Crippen molar-refractivity contribution < 1.29 is 14.3 Å². The Hall–Kier alpha value is -1.64. The molecule has 0 amide bonds. The molecule has 0 atom stereocenters. The van der Waals surface area contributed by atoms with Crippen LogP contribution in [0.5, 0.6) is 0 Å². The number of benzene rings is 1. The van der Waals surface area contributed by atoms with Crippen molar-refractivity contribution in [3.8, 4) is 0 Å². The molecule has 18 heavy (non-hydrogen) atoms. The summed E-state index contributed by atoms with van der Waals surface area (Å²) >= 11 is 0. The van der Waals surface area contributed by atoms with Gasteiger partial charge in [-0.1, -0.05) is 18.2 Å². The molecule has 1 aromatic rings. The van der Waals surface area contributed by atoms with Crippen molar-refractivity contribution in [1.82, 2.24) is 0 Å². The van der Waals surface area contributed by atoms with Crippen molar-refractivity contribution >= 4 is 12.3 Å². The Labute approximate surface area is 108 Å². The van der Waals surface area contributed by atoms with Crippen LogP contribution in [0, 0.1) is 6.92 Å². The highest BCUT2D eigenvalue weighted by molar-refractivity contribution is 5.80. The van der Waals surface area contributed by atoms with Crippen LogP contribution in [0.15, 0.2) is 18.2 Å². The van der Waals surface area contributed by atoms with Crippen LogP contribution in [0.1, 0.15) is 48.7 Å². The monoisotopic (exact) mass is 248 g/mol. The average Bonchev–Trinajstić information content (AvgIpc) is 2.24. The number of hydrogen-bond donors (Lipinski definition) is 0. The first-order chi connectivity index (χ1) is 8.33. The normalized spacial score (nSPS) is 11.1. The number of carbonyl (C=O) groups is 2. The smallest absolute Gasteiger partial charge is 0.306 e. The van der Waals surface area contributed by atoms with E-state index in [1.54, 1.807) is 0 Å². The second-order valence-corrected chi connectivity index (χ2v) is 5.35. The van der Waals surface area contributed by atoms with Crippen LogP contribution in [-0.4, -0.2) is 17.9 Å². The predicted molar refractivity (Wildman–Crippen MR) is 70.7 cm³/mol. The quantitative estimate of drug-likeness (QED) is 0.607. The molecule has 0 aromatic heterocycles. The van der Waals surface area contributed by atoms with Crippen LogP contribution < -0.4 is 0 Å². The van der Waals surface area contributed by atoms with E-state index in [1.807, 2.05) is 45.9 Å². The van der Waals surface area contributed by atoms with E-state index in [2.05, 4.69) is 0 Å². The van der Waals surface area contributed by atoms with Crippen LogP contribution in [0.25, 0.3) is 0 Å². The summed E-state index contributed by atoms with van der Waals surface area (Å²) in [7, 11) is 0. The summed E-state index contributed by atoms with van der Waals surface area (Å²) in [6.45, 7) is 7.41. The Bertz CT molecular complexity index is 442. The number of aldehydes is 1. The molecule has 0 aliphatic heterocycles. The average molecular weight is 248 g/mol. The van der Waals surface area contributed by atoms with Gasteiger partial charge in [-0.25, -0.2) is 0 Å². The van der Waals surface area contributed by atoms with E-state index >= 15 is 0 Å². The summed E-state index contributed by atoms with van der Waals surface area (Å²) in [6.07, 6.45) is 1.67. The zero-order chi connectivity index (χ0) is 13.8. The molecule has 0 N–H and O–H groups in total. The lowest BCUT2D eigenvalue weighted by molar-refractivity contribution is -0.154. The minimum absolute atomic E-state index is 0.235. The van der Waals surface area contributed by atoms with E-state index < -0.39 is 5.60 Å². The molecule has 0 radical (unpaired) electrons. The maximum absolute atomic E-state index is 11.6. The van der Waals surface area contributed by atoms with Crippen molar-refractivity contribution in [2.75, 3.05) is 0 Å². The molecule has 1 aromatic carbocycles. The van der Waals surface area contributed by atoms with Gasteiger partial charge in [-0.05, 0) is 45.2 Å². The summed E-state index contributed by atoms with van der Waals surface area (Å²) in [5.74, 6) is -0.235. The molecule has 3 nitrogen and oxygen atoms in total. The van der Waals surface area contributed by atoms with E-state index in [9.17, 15) is 9.59 Å². The van der Waals surface area contributed by atoms with Gasteiger partial charge in [0.1, 0.15) is 5.60 Å². The number of aryl methyl sites for hydroxylation is 2. The highest BCUT2D eigenvalue weighted by Gasteiger charge is 2.16. The number of rotatable bonds is 4. The topological polar surface area (TPSA) is 43.4 Å². The molecule has 0 saturated carbocycles.